The molecule has 0 aliphatic carbocycles. The van der Waals surface area contributed by atoms with Crippen LogP contribution in [-0.4, -0.2) is 77.4 Å². The number of nitrogens with one attached hydrogen (secondary N) is 1. The molecule has 2 heterocycles. The van der Waals surface area contributed by atoms with Gasteiger partial charge in [0.15, 0.2) is 0 Å². The van der Waals surface area contributed by atoms with Gasteiger partial charge >= 0.3 is 33.9 Å². The fraction of sp³-hybridized carbons (Fsp3) is 0.765. The van der Waals surface area contributed by atoms with Crippen molar-refractivity contribution in [1.82, 2.24) is 14.5 Å². The van der Waals surface area contributed by atoms with Gasteiger partial charge < -0.3 is 29.2 Å². The Morgan fingerprint density at radius 1 is 1.21 bits per heavy atom. The molecule has 2 unspecified atom stereocenters. The first-order valence-corrected chi connectivity index (χ1v) is 16.3. The van der Waals surface area contributed by atoms with Crippen LogP contribution < -0.4 is 11.2 Å². The predicted molar refractivity (Wildman–Crippen MR) is 134 cm³/mol. The van der Waals surface area contributed by atoms with Crippen LogP contribution in [0.5, 0.6) is 0 Å². The van der Waals surface area contributed by atoms with Crippen molar-refractivity contribution in [2.45, 2.75) is 57.9 Å². The van der Waals surface area contributed by atoms with Crippen molar-refractivity contribution in [2.24, 2.45) is 5.11 Å². The molecule has 22 heteroatoms. The topological polar surface area (TPSA) is 257 Å². The monoisotopic (exact) mass is 626 g/mol. The van der Waals surface area contributed by atoms with Crippen LogP contribution >= 0.6 is 22.8 Å². The number of alkyl halides is 2. The van der Waals surface area contributed by atoms with Gasteiger partial charge in [-0.1, -0.05) is 25.9 Å². The Morgan fingerprint density at radius 2 is 1.74 bits per heavy atom. The highest BCUT2D eigenvalue weighted by molar-refractivity contribution is 7.76. The fourth-order valence-corrected chi connectivity index (χ4v) is 7.83. The van der Waals surface area contributed by atoms with E-state index in [1.165, 1.54) is 26.6 Å². The number of azide groups is 1. The largest absolute Gasteiger partial charge is 0.444 e. The summed E-state index contributed by atoms with van der Waals surface area (Å²) in [6, 6.07) is -1.30. The molecule has 0 spiro atoms. The molecule has 224 valence electrons. The summed E-state index contributed by atoms with van der Waals surface area (Å²) in [5.41, 5.74) is 7.10. The lowest BCUT2D eigenvalue weighted by atomic mass is 10.1. The van der Waals surface area contributed by atoms with Crippen LogP contribution in [0, 0.1) is 6.92 Å². The fourth-order valence-electron chi connectivity index (χ4n) is 3.36. The summed E-state index contributed by atoms with van der Waals surface area (Å²) < 4.78 is 71.6. The van der Waals surface area contributed by atoms with Gasteiger partial charge in [-0.3, -0.25) is 28.0 Å². The number of aromatic amines is 1. The summed E-state index contributed by atoms with van der Waals surface area (Å²) in [4.78, 5) is 66.4. The second-order valence-electron chi connectivity index (χ2n) is 8.21. The maximum Gasteiger partial charge on any atom is 0.444 e. The van der Waals surface area contributed by atoms with Crippen molar-refractivity contribution in [2.75, 3.05) is 25.8 Å². The maximum absolute atomic E-state index is 13.5. The van der Waals surface area contributed by atoms with Crippen molar-refractivity contribution >= 4 is 22.8 Å². The molecule has 1 aromatic heterocycles. The van der Waals surface area contributed by atoms with Crippen LogP contribution in [0.25, 0.3) is 10.4 Å². The van der Waals surface area contributed by atoms with E-state index in [-0.39, 0.29) is 12.0 Å². The molecular formula is C17H31F2N6O11P3. The van der Waals surface area contributed by atoms with E-state index in [0.717, 1.165) is 10.8 Å². The molecule has 1 aromatic rings. The zero-order valence-corrected chi connectivity index (χ0v) is 24.0. The summed E-state index contributed by atoms with van der Waals surface area (Å²) >= 11 is 0. The zero-order chi connectivity index (χ0) is 30.4. The SMILES string of the molecule is CCN(CC)CC.Cc1cn([C@H]2C[C@H](N=[N+]=[N-])[C@@H](CP(=O)(O)OP(=O)(O)C(F)(F)P(=O)(O)O)O2)c(=O)[nH]c1=O. The van der Waals surface area contributed by atoms with E-state index in [0.29, 0.717) is 0 Å². The lowest BCUT2D eigenvalue weighted by molar-refractivity contribution is 0.00568. The van der Waals surface area contributed by atoms with Crippen LogP contribution in [0.1, 0.15) is 39.0 Å². The summed E-state index contributed by atoms with van der Waals surface area (Å²) in [7, 11) is -18.8. The molecule has 0 saturated carbocycles. The highest BCUT2D eigenvalue weighted by Gasteiger charge is 2.66. The van der Waals surface area contributed by atoms with Gasteiger partial charge in [0.05, 0.1) is 18.3 Å². The van der Waals surface area contributed by atoms with Gasteiger partial charge in [0.25, 0.3) is 5.56 Å². The molecule has 5 atom stereocenters. The molecule has 0 bridgehead atoms. The Morgan fingerprint density at radius 3 is 2.18 bits per heavy atom. The van der Waals surface area contributed by atoms with Crippen molar-refractivity contribution in [3.63, 3.8) is 0 Å². The molecule has 0 amide bonds. The number of hydrogen-bond donors (Lipinski definition) is 5. The average molecular weight is 626 g/mol. The molecule has 1 fully saturated rings. The normalized spacial score (nSPS) is 22.8. The van der Waals surface area contributed by atoms with Gasteiger partial charge in [0.2, 0.25) is 0 Å². The molecule has 39 heavy (non-hydrogen) atoms. The Kier molecular flexibility index (Phi) is 12.4. The first kappa shape index (κ1) is 35.3. The highest BCUT2D eigenvalue weighted by atomic mass is 31.3. The van der Waals surface area contributed by atoms with E-state index in [4.69, 9.17) is 20.1 Å². The minimum absolute atomic E-state index is 0.0778. The minimum atomic E-state index is -6.69. The van der Waals surface area contributed by atoms with E-state index in [2.05, 4.69) is 40.0 Å². The summed E-state index contributed by atoms with van der Waals surface area (Å²) in [5, 5.41) is -2.40. The lowest BCUT2D eigenvalue weighted by Crippen LogP contribution is -2.33. The van der Waals surface area contributed by atoms with Gasteiger partial charge in [-0.25, -0.2) is 9.11 Å². The first-order chi connectivity index (χ1) is 17.8. The number of aromatic nitrogens is 2. The van der Waals surface area contributed by atoms with Crippen molar-refractivity contribution in [1.29, 1.82) is 0 Å². The number of nitrogens with zero attached hydrogens (tertiary/aromatic N) is 5. The summed E-state index contributed by atoms with van der Waals surface area (Å²) in [6.07, 6.45) is -3.42. The maximum atomic E-state index is 13.5. The number of H-pyrrole nitrogens is 1. The van der Waals surface area contributed by atoms with Gasteiger partial charge in [-0.15, -0.1) is 0 Å². The van der Waals surface area contributed by atoms with Crippen LogP contribution in [-0.2, 0) is 22.7 Å². The standard InChI is InChI=1S/C11H16F2N5O11P3.C6H15N/c1-5-3-18(10(20)15-9(5)19)8-2-6(16-17-14)7(28-8)4-30(21,22)29-32(26,27)11(12,13)31(23,24)25;1-4-7(5-2)6-3/h3,6-8H,2,4H2,1H3,(H,21,22)(H,26,27)(H,15,19,20)(H2,23,24,25);4-6H2,1-3H3/t6-,7+,8+;/m0./s1. The van der Waals surface area contributed by atoms with E-state index < -0.39 is 64.0 Å². The molecule has 1 saturated heterocycles. The predicted octanol–water partition coefficient (Wildman–Crippen LogP) is 2.27. The second-order valence-corrected chi connectivity index (χ2v) is 14.1. The summed E-state index contributed by atoms with van der Waals surface area (Å²) in [6.45, 7) is 11.5. The smallest absolute Gasteiger partial charge is 0.354 e. The average Bonchev–Trinajstić information content (AvgIpc) is 3.17. The van der Waals surface area contributed by atoms with Gasteiger partial charge in [-0.05, 0) is 32.1 Å². The number of aryl methyl sites for hydroxylation is 1. The molecule has 0 radical (unpaired) electrons. The lowest BCUT2D eigenvalue weighted by Gasteiger charge is -2.25. The quantitative estimate of drug-likeness (QED) is 0.103. The van der Waals surface area contributed by atoms with Gasteiger partial charge in [0.1, 0.15) is 6.23 Å². The molecule has 17 nitrogen and oxygen atoms in total. The van der Waals surface area contributed by atoms with Gasteiger partial charge in [0, 0.05) is 23.1 Å². The Balaban J connectivity index is 0.000000956. The van der Waals surface area contributed by atoms with Crippen LogP contribution in [0.3, 0.4) is 0 Å². The Labute approximate surface area is 220 Å². The number of halogens is 2. The van der Waals surface area contributed by atoms with Crippen LogP contribution in [0.15, 0.2) is 20.9 Å². The van der Waals surface area contributed by atoms with Crippen LogP contribution in [0.4, 0.5) is 8.78 Å². The van der Waals surface area contributed by atoms with Crippen LogP contribution in [0.2, 0.25) is 0 Å². The van der Waals surface area contributed by atoms with Crippen molar-refractivity contribution < 1.29 is 51.1 Å². The third kappa shape index (κ3) is 9.13. The van der Waals surface area contributed by atoms with Crippen molar-refractivity contribution in [3.05, 3.63) is 43.0 Å². The highest BCUT2D eigenvalue weighted by Crippen LogP contribution is 2.77. The van der Waals surface area contributed by atoms with E-state index in [1.807, 2.05) is 4.98 Å². The first-order valence-electron chi connectivity index (χ1n) is 11.3. The summed E-state index contributed by atoms with van der Waals surface area (Å²) in [5.74, 6) is 0. The number of ether oxygens (including phenoxy) is 1. The molecule has 1 aliphatic rings. The molecular weight excluding hydrogens is 595 g/mol. The van der Waals surface area contributed by atoms with Crippen molar-refractivity contribution in [3.8, 4) is 0 Å². The second kappa shape index (κ2) is 13.7. The van der Waals surface area contributed by atoms with E-state index >= 15 is 0 Å². The molecule has 2 rings (SSSR count). The molecule has 5 N–H and O–H groups in total. The minimum Gasteiger partial charge on any atom is -0.354 e. The molecule has 0 aromatic carbocycles. The molecule has 1 aliphatic heterocycles. The third-order valence-electron chi connectivity index (χ3n) is 5.54. The zero-order valence-electron chi connectivity index (χ0n) is 21.3. The Hall–Kier alpha value is -1.74. The van der Waals surface area contributed by atoms with E-state index in [1.54, 1.807) is 0 Å². The number of rotatable bonds is 11. The Bertz CT molecular complexity index is 1300. The third-order valence-corrected chi connectivity index (χ3v) is 11.2. The van der Waals surface area contributed by atoms with Gasteiger partial charge in [-0.2, -0.15) is 8.78 Å². The van der Waals surface area contributed by atoms with E-state index in [9.17, 15) is 41.9 Å². The number of hydrogen-bond acceptors (Lipinski definition) is 9.